The minimum atomic E-state index is -0.655. The van der Waals surface area contributed by atoms with Crippen molar-refractivity contribution in [3.8, 4) is 11.5 Å². The summed E-state index contributed by atoms with van der Waals surface area (Å²) in [6, 6.07) is 4.66. The quantitative estimate of drug-likeness (QED) is 0.199. The van der Waals surface area contributed by atoms with Gasteiger partial charge in [-0.15, -0.1) is 0 Å². The third kappa shape index (κ3) is 8.56. The highest BCUT2D eigenvalue weighted by molar-refractivity contribution is 6.08. The van der Waals surface area contributed by atoms with Crippen LogP contribution in [0, 0.1) is 0 Å². The number of carbonyl (C=O) groups is 2. The Morgan fingerprint density at radius 2 is 1.39 bits per heavy atom. The Hall–Kier alpha value is -2.50. The summed E-state index contributed by atoms with van der Waals surface area (Å²) in [6.07, 6.45) is 17.7. The Bertz CT molecular complexity index is 863. The number of aliphatic hydroxyl groups is 1. The molecule has 0 saturated heterocycles. The maximum absolute atomic E-state index is 12.9. The smallest absolute Gasteiger partial charge is 0.290 e. The molecule has 1 aromatic rings. The van der Waals surface area contributed by atoms with E-state index in [1.165, 1.54) is 77.6 Å². The van der Waals surface area contributed by atoms with E-state index in [9.17, 15) is 14.7 Å². The molecule has 36 heavy (non-hydrogen) atoms. The number of benzene rings is 1. The Labute approximate surface area is 218 Å². The second-order valence-electron chi connectivity index (χ2n) is 9.92. The number of hydrogen-bond acceptors (Lipinski definition) is 5. The van der Waals surface area contributed by atoms with E-state index in [0.717, 1.165) is 19.3 Å². The van der Waals surface area contributed by atoms with Crippen LogP contribution in [0.4, 0.5) is 0 Å². The van der Waals surface area contributed by atoms with E-state index in [-0.39, 0.29) is 11.4 Å². The molecule has 0 radical (unpaired) electrons. The molecule has 0 aromatic heterocycles. The van der Waals surface area contributed by atoms with E-state index in [1.54, 1.807) is 37.3 Å². The minimum Gasteiger partial charge on any atom is -0.503 e. The standard InChI is InChI=1S/C30H47NO5/c1-5-6-7-8-9-10-11-12-13-14-15-16-17-18-21-31-28(27(23(2)32)29(33)30(31)34)25-20-19-24(35-3)22-26(25)36-4/h19-20,22,28,33H,5-18,21H2,1-4H3. The van der Waals surface area contributed by atoms with Crippen molar-refractivity contribution in [2.45, 2.75) is 110 Å². The number of hydrogen-bond donors (Lipinski definition) is 1. The van der Waals surface area contributed by atoms with Gasteiger partial charge in [-0.3, -0.25) is 9.59 Å². The molecule has 1 unspecified atom stereocenters. The van der Waals surface area contributed by atoms with Gasteiger partial charge in [0.15, 0.2) is 11.5 Å². The SMILES string of the molecule is CCCCCCCCCCCCCCCCN1C(=O)C(O)=C(C(C)=O)C1c1ccc(OC)cc1OC. The molecular formula is C30H47NO5. The van der Waals surface area contributed by atoms with Gasteiger partial charge < -0.3 is 19.5 Å². The lowest BCUT2D eigenvalue weighted by Crippen LogP contribution is -2.32. The third-order valence-corrected chi connectivity index (χ3v) is 7.17. The molecule has 1 amide bonds. The van der Waals surface area contributed by atoms with Crippen molar-refractivity contribution >= 4 is 11.7 Å². The number of Topliss-reactive ketones (excluding diaryl/α,β-unsaturated/α-hetero) is 1. The lowest BCUT2D eigenvalue weighted by Gasteiger charge is -2.28. The fraction of sp³-hybridized carbons (Fsp3) is 0.667. The van der Waals surface area contributed by atoms with Crippen LogP contribution in [0.3, 0.4) is 0 Å². The van der Waals surface area contributed by atoms with Crippen LogP contribution in [0.2, 0.25) is 0 Å². The van der Waals surface area contributed by atoms with E-state index in [1.807, 2.05) is 0 Å². The van der Waals surface area contributed by atoms with Crippen molar-refractivity contribution in [3.63, 3.8) is 0 Å². The molecule has 1 atom stereocenters. The van der Waals surface area contributed by atoms with E-state index in [4.69, 9.17) is 9.47 Å². The first-order valence-electron chi connectivity index (χ1n) is 13.9. The van der Waals surface area contributed by atoms with Crippen LogP contribution in [0.25, 0.3) is 0 Å². The molecule has 0 bridgehead atoms. The summed E-state index contributed by atoms with van der Waals surface area (Å²) >= 11 is 0. The van der Waals surface area contributed by atoms with Gasteiger partial charge in [-0.1, -0.05) is 90.4 Å². The summed E-state index contributed by atoms with van der Waals surface area (Å²) in [5.41, 5.74) is 0.806. The maximum atomic E-state index is 12.9. The molecule has 0 aliphatic carbocycles. The molecule has 2 rings (SSSR count). The van der Waals surface area contributed by atoms with E-state index in [0.29, 0.717) is 23.6 Å². The van der Waals surface area contributed by atoms with Crippen molar-refractivity contribution in [2.24, 2.45) is 0 Å². The molecule has 0 saturated carbocycles. The molecule has 1 aliphatic rings. The first-order chi connectivity index (χ1) is 17.5. The van der Waals surface area contributed by atoms with E-state index >= 15 is 0 Å². The molecule has 1 heterocycles. The average Bonchev–Trinajstić information content (AvgIpc) is 3.13. The van der Waals surface area contributed by atoms with Gasteiger partial charge >= 0.3 is 0 Å². The molecule has 1 aromatic carbocycles. The summed E-state index contributed by atoms with van der Waals surface area (Å²) in [5, 5.41) is 10.5. The molecule has 1 N–H and O–H groups in total. The highest BCUT2D eigenvalue weighted by atomic mass is 16.5. The van der Waals surface area contributed by atoms with Gasteiger partial charge in [-0.05, 0) is 25.5 Å². The third-order valence-electron chi connectivity index (χ3n) is 7.17. The molecule has 1 aliphatic heterocycles. The van der Waals surface area contributed by atoms with Crippen molar-refractivity contribution in [1.29, 1.82) is 0 Å². The fourth-order valence-corrected chi connectivity index (χ4v) is 5.09. The fourth-order valence-electron chi connectivity index (χ4n) is 5.09. The second-order valence-corrected chi connectivity index (χ2v) is 9.92. The lowest BCUT2D eigenvalue weighted by molar-refractivity contribution is -0.129. The number of amides is 1. The predicted molar refractivity (Wildman–Crippen MR) is 145 cm³/mol. The van der Waals surface area contributed by atoms with Gasteiger partial charge in [-0.2, -0.15) is 0 Å². The average molecular weight is 502 g/mol. The molecular weight excluding hydrogens is 454 g/mol. The zero-order valence-electron chi connectivity index (χ0n) is 22.9. The number of aliphatic hydroxyl groups excluding tert-OH is 1. The van der Waals surface area contributed by atoms with E-state index < -0.39 is 17.7 Å². The number of rotatable bonds is 19. The Balaban J connectivity index is 1.81. The van der Waals surface area contributed by atoms with Gasteiger partial charge in [0.05, 0.1) is 25.8 Å². The largest absolute Gasteiger partial charge is 0.503 e. The number of methoxy groups -OCH3 is 2. The Kier molecular flexibility index (Phi) is 13.4. The minimum absolute atomic E-state index is 0.133. The number of unbranched alkanes of at least 4 members (excludes halogenated alkanes) is 13. The Morgan fingerprint density at radius 3 is 1.86 bits per heavy atom. The summed E-state index contributed by atoms with van der Waals surface area (Å²) in [7, 11) is 3.12. The molecule has 0 spiro atoms. The summed E-state index contributed by atoms with van der Waals surface area (Å²) in [6.45, 7) is 4.13. The van der Waals surface area contributed by atoms with Crippen molar-refractivity contribution < 1.29 is 24.2 Å². The number of carbonyl (C=O) groups excluding carboxylic acids is 2. The highest BCUT2D eigenvalue weighted by Gasteiger charge is 2.43. The monoisotopic (exact) mass is 501 g/mol. The normalized spacial score (nSPS) is 15.6. The molecule has 6 heteroatoms. The van der Waals surface area contributed by atoms with Crippen molar-refractivity contribution in [2.75, 3.05) is 20.8 Å². The van der Waals surface area contributed by atoms with Crippen LogP contribution >= 0.6 is 0 Å². The van der Waals surface area contributed by atoms with Crippen LogP contribution in [-0.4, -0.2) is 42.5 Å². The van der Waals surface area contributed by atoms with Crippen molar-refractivity contribution in [3.05, 3.63) is 35.1 Å². The van der Waals surface area contributed by atoms with Crippen LogP contribution < -0.4 is 9.47 Å². The van der Waals surface area contributed by atoms with Gasteiger partial charge in [0, 0.05) is 18.2 Å². The van der Waals surface area contributed by atoms with Gasteiger partial charge in [-0.25, -0.2) is 0 Å². The van der Waals surface area contributed by atoms with Crippen molar-refractivity contribution in [1.82, 2.24) is 4.90 Å². The lowest BCUT2D eigenvalue weighted by atomic mass is 9.95. The second kappa shape index (κ2) is 16.3. The number of ether oxygens (including phenoxy) is 2. The summed E-state index contributed by atoms with van der Waals surface area (Å²) in [5.74, 6) is -0.108. The molecule has 6 nitrogen and oxygen atoms in total. The van der Waals surface area contributed by atoms with Crippen LogP contribution in [0.1, 0.15) is 115 Å². The van der Waals surface area contributed by atoms with Gasteiger partial charge in [0.25, 0.3) is 5.91 Å². The highest BCUT2D eigenvalue weighted by Crippen LogP contribution is 2.42. The maximum Gasteiger partial charge on any atom is 0.290 e. The predicted octanol–water partition coefficient (Wildman–Crippen LogP) is 7.47. The summed E-state index contributed by atoms with van der Waals surface area (Å²) < 4.78 is 10.8. The van der Waals surface area contributed by atoms with Crippen LogP contribution in [0.15, 0.2) is 29.5 Å². The first kappa shape index (κ1) is 29.7. The zero-order valence-corrected chi connectivity index (χ0v) is 22.9. The molecule has 202 valence electrons. The first-order valence-corrected chi connectivity index (χ1v) is 13.9. The molecule has 0 fully saturated rings. The van der Waals surface area contributed by atoms with Gasteiger partial charge in [0.2, 0.25) is 0 Å². The van der Waals surface area contributed by atoms with Gasteiger partial charge in [0.1, 0.15) is 11.5 Å². The van der Waals surface area contributed by atoms with Crippen LogP contribution in [-0.2, 0) is 9.59 Å². The number of ketones is 1. The Morgan fingerprint density at radius 1 is 0.861 bits per heavy atom. The van der Waals surface area contributed by atoms with E-state index in [2.05, 4.69) is 6.92 Å². The topological polar surface area (TPSA) is 76.1 Å². The zero-order chi connectivity index (χ0) is 26.3. The number of nitrogens with zero attached hydrogens (tertiary/aromatic N) is 1. The summed E-state index contributed by atoms with van der Waals surface area (Å²) in [4.78, 5) is 26.9. The van der Waals surface area contributed by atoms with Crippen LogP contribution in [0.5, 0.6) is 11.5 Å².